The molecule has 0 bridgehead atoms. The van der Waals surface area contributed by atoms with Crippen LogP contribution in [-0.2, 0) is 0 Å². The molecule has 0 radical (unpaired) electrons. The Morgan fingerprint density at radius 1 is 1.24 bits per heavy atom. The molecule has 0 aliphatic heterocycles. The topological polar surface area (TPSA) is 66.3 Å². The smallest absolute Gasteiger partial charge is 0.339 e. The van der Waals surface area contributed by atoms with Crippen LogP contribution in [0.4, 0.5) is 11.5 Å². The summed E-state index contributed by atoms with van der Waals surface area (Å²) in [6.07, 6.45) is 4.86. The minimum atomic E-state index is -0.992. The number of carbonyl (C=O) groups is 1. The minimum absolute atomic E-state index is 0.173. The molecule has 1 N–H and O–H groups in total. The highest BCUT2D eigenvalue weighted by molar-refractivity contribution is 5.94. The van der Waals surface area contributed by atoms with Gasteiger partial charge in [-0.1, -0.05) is 0 Å². The van der Waals surface area contributed by atoms with Crippen LogP contribution in [0.15, 0.2) is 42.9 Å². The van der Waals surface area contributed by atoms with Crippen LogP contribution >= 0.6 is 0 Å². The fraction of sp³-hybridized carbons (Fsp3) is 0.0833. The molecule has 0 spiro atoms. The second-order valence-corrected chi connectivity index (χ2v) is 3.44. The summed E-state index contributed by atoms with van der Waals surface area (Å²) in [6, 6.07) is 6.72. The van der Waals surface area contributed by atoms with Crippen molar-refractivity contribution in [3.05, 3.63) is 48.4 Å². The maximum atomic E-state index is 11.1. The van der Waals surface area contributed by atoms with Crippen LogP contribution in [-0.4, -0.2) is 28.1 Å². The maximum Gasteiger partial charge on any atom is 0.339 e. The molecule has 0 saturated carbocycles. The number of carboxylic acids is 1. The van der Waals surface area contributed by atoms with E-state index in [1.165, 1.54) is 6.07 Å². The molecule has 0 aliphatic rings. The first-order chi connectivity index (χ1) is 8.20. The van der Waals surface area contributed by atoms with Gasteiger partial charge in [-0.2, -0.15) is 0 Å². The lowest BCUT2D eigenvalue weighted by molar-refractivity contribution is 0.0697. The number of pyridine rings is 2. The molecule has 0 saturated heterocycles. The number of hydrogen-bond donors (Lipinski definition) is 1. The number of aromatic nitrogens is 2. The Kier molecular flexibility index (Phi) is 3.00. The molecule has 5 heteroatoms. The Bertz CT molecular complexity index is 528. The quantitative estimate of drug-likeness (QED) is 0.871. The van der Waals surface area contributed by atoms with E-state index in [9.17, 15) is 4.79 Å². The van der Waals surface area contributed by atoms with E-state index in [0.717, 1.165) is 5.69 Å². The average Bonchev–Trinajstić information content (AvgIpc) is 2.39. The van der Waals surface area contributed by atoms with Crippen molar-refractivity contribution in [2.45, 2.75) is 0 Å². The molecule has 2 heterocycles. The van der Waals surface area contributed by atoms with Gasteiger partial charge in [0.25, 0.3) is 0 Å². The molecule has 0 unspecified atom stereocenters. The zero-order chi connectivity index (χ0) is 12.3. The van der Waals surface area contributed by atoms with Gasteiger partial charge in [0, 0.05) is 31.3 Å². The zero-order valence-corrected chi connectivity index (χ0v) is 9.24. The van der Waals surface area contributed by atoms with Crippen LogP contribution in [0.2, 0.25) is 0 Å². The van der Waals surface area contributed by atoms with E-state index >= 15 is 0 Å². The molecule has 0 amide bonds. The monoisotopic (exact) mass is 229 g/mol. The molecule has 2 rings (SSSR count). The highest BCUT2D eigenvalue weighted by Gasteiger charge is 2.15. The number of hydrogen-bond acceptors (Lipinski definition) is 4. The van der Waals surface area contributed by atoms with Gasteiger partial charge in [0.1, 0.15) is 11.4 Å². The first kappa shape index (κ1) is 11.1. The standard InChI is InChI=1S/C12H11N3O2/c1-15(9-4-7-13-8-5-9)11-10(12(16)17)3-2-6-14-11/h2-8H,1H3,(H,16,17). The number of carboxylic acid groups (broad SMARTS) is 1. The largest absolute Gasteiger partial charge is 0.478 e. The molecule has 2 aromatic heterocycles. The Hall–Kier alpha value is -2.43. The van der Waals surface area contributed by atoms with Crippen molar-refractivity contribution in [2.24, 2.45) is 0 Å². The van der Waals surface area contributed by atoms with Crippen molar-refractivity contribution < 1.29 is 9.90 Å². The zero-order valence-electron chi connectivity index (χ0n) is 9.24. The SMILES string of the molecule is CN(c1ccncc1)c1ncccc1C(=O)O. The lowest BCUT2D eigenvalue weighted by Gasteiger charge is -2.19. The van der Waals surface area contributed by atoms with Crippen LogP contribution in [0.1, 0.15) is 10.4 Å². The summed E-state index contributed by atoms with van der Waals surface area (Å²) >= 11 is 0. The van der Waals surface area contributed by atoms with E-state index < -0.39 is 5.97 Å². The minimum Gasteiger partial charge on any atom is -0.478 e. The van der Waals surface area contributed by atoms with E-state index in [2.05, 4.69) is 9.97 Å². The summed E-state index contributed by atoms with van der Waals surface area (Å²) in [7, 11) is 1.77. The van der Waals surface area contributed by atoms with Gasteiger partial charge in [0.15, 0.2) is 0 Å². The van der Waals surface area contributed by atoms with Gasteiger partial charge in [0.2, 0.25) is 0 Å². The van der Waals surface area contributed by atoms with Crippen LogP contribution in [0.25, 0.3) is 0 Å². The lowest BCUT2D eigenvalue weighted by Crippen LogP contribution is -2.15. The van der Waals surface area contributed by atoms with Crippen molar-refractivity contribution in [2.75, 3.05) is 11.9 Å². The summed E-state index contributed by atoms with van der Waals surface area (Å²) in [5.41, 5.74) is 1.01. The van der Waals surface area contributed by atoms with Crippen LogP contribution in [0, 0.1) is 0 Å². The van der Waals surface area contributed by atoms with Gasteiger partial charge >= 0.3 is 5.97 Å². The molecule has 86 valence electrons. The van der Waals surface area contributed by atoms with Gasteiger partial charge in [0.05, 0.1) is 0 Å². The van der Waals surface area contributed by atoms with Gasteiger partial charge in [-0.3, -0.25) is 4.98 Å². The summed E-state index contributed by atoms with van der Waals surface area (Å²) in [5.74, 6) is -0.583. The van der Waals surface area contributed by atoms with Gasteiger partial charge in [-0.15, -0.1) is 0 Å². The fourth-order valence-corrected chi connectivity index (χ4v) is 1.52. The summed E-state index contributed by atoms with van der Waals surface area (Å²) in [4.78, 5) is 20.8. The maximum absolute atomic E-state index is 11.1. The van der Waals surface area contributed by atoms with Crippen molar-refractivity contribution in [3.8, 4) is 0 Å². The molecular weight excluding hydrogens is 218 g/mol. The van der Waals surface area contributed by atoms with E-state index in [-0.39, 0.29) is 5.56 Å². The normalized spacial score (nSPS) is 9.94. The van der Waals surface area contributed by atoms with Gasteiger partial charge in [-0.05, 0) is 24.3 Å². The Morgan fingerprint density at radius 2 is 1.94 bits per heavy atom. The molecule has 0 atom stereocenters. The molecular formula is C12H11N3O2. The third-order valence-electron chi connectivity index (χ3n) is 2.38. The van der Waals surface area contributed by atoms with E-state index in [1.54, 1.807) is 48.7 Å². The second kappa shape index (κ2) is 4.61. The van der Waals surface area contributed by atoms with Gasteiger partial charge in [-0.25, -0.2) is 9.78 Å². The first-order valence-electron chi connectivity index (χ1n) is 5.02. The number of anilines is 2. The third kappa shape index (κ3) is 2.23. The molecule has 0 fully saturated rings. The fourth-order valence-electron chi connectivity index (χ4n) is 1.52. The summed E-state index contributed by atoms with van der Waals surface area (Å²) in [5, 5.41) is 9.08. The lowest BCUT2D eigenvalue weighted by atomic mass is 10.2. The molecule has 0 aromatic carbocycles. The number of rotatable bonds is 3. The van der Waals surface area contributed by atoms with Crippen LogP contribution < -0.4 is 4.90 Å². The molecule has 2 aromatic rings. The van der Waals surface area contributed by atoms with E-state index in [0.29, 0.717) is 5.82 Å². The van der Waals surface area contributed by atoms with Crippen molar-refractivity contribution in [3.63, 3.8) is 0 Å². The van der Waals surface area contributed by atoms with Crippen molar-refractivity contribution in [1.29, 1.82) is 0 Å². The second-order valence-electron chi connectivity index (χ2n) is 3.44. The van der Waals surface area contributed by atoms with E-state index in [1.807, 2.05) is 0 Å². The van der Waals surface area contributed by atoms with Crippen molar-refractivity contribution in [1.82, 2.24) is 9.97 Å². The summed E-state index contributed by atoms with van der Waals surface area (Å²) < 4.78 is 0. The van der Waals surface area contributed by atoms with Crippen LogP contribution in [0.5, 0.6) is 0 Å². The molecule has 17 heavy (non-hydrogen) atoms. The Labute approximate surface area is 98.4 Å². The summed E-state index contributed by atoms with van der Waals surface area (Å²) in [6.45, 7) is 0. The van der Waals surface area contributed by atoms with Gasteiger partial charge < -0.3 is 10.0 Å². The Morgan fingerprint density at radius 3 is 2.59 bits per heavy atom. The highest BCUT2D eigenvalue weighted by Crippen LogP contribution is 2.23. The van der Waals surface area contributed by atoms with E-state index in [4.69, 9.17) is 5.11 Å². The number of aromatic carboxylic acids is 1. The third-order valence-corrected chi connectivity index (χ3v) is 2.38. The highest BCUT2D eigenvalue weighted by atomic mass is 16.4. The molecule has 5 nitrogen and oxygen atoms in total. The molecule has 0 aliphatic carbocycles. The average molecular weight is 229 g/mol. The Balaban J connectivity index is 2.44. The van der Waals surface area contributed by atoms with Crippen molar-refractivity contribution >= 4 is 17.5 Å². The number of nitrogens with zero attached hydrogens (tertiary/aromatic N) is 3. The van der Waals surface area contributed by atoms with Crippen LogP contribution in [0.3, 0.4) is 0 Å². The first-order valence-corrected chi connectivity index (χ1v) is 5.02. The predicted octanol–water partition coefficient (Wildman–Crippen LogP) is 1.94. The predicted molar refractivity (Wildman–Crippen MR) is 63.5 cm³/mol.